The number of aromatic nitrogens is 4. The van der Waals surface area contributed by atoms with Crippen LogP contribution < -0.4 is 5.22 Å². The van der Waals surface area contributed by atoms with Gasteiger partial charge in [-0.15, -0.1) is 18.9 Å². The molecule has 69 heavy (non-hydrogen) atoms. The third kappa shape index (κ3) is 6.88. The van der Waals surface area contributed by atoms with Crippen molar-refractivity contribution in [2.24, 2.45) is 0 Å². The predicted octanol–water partition coefficient (Wildman–Crippen LogP) is 15.7. The van der Waals surface area contributed by atoms with Crippen LogP contribution in [-0.2, 0) is 0 Å². The van der Waals surface area contributed by atoms with Crippen molar-refractivity contribution in [1.29, 1.82) is 0 Å². The third-order valence-electron chi connectivity index (χ3n) is 13.7. The molecule has 1 aliphatic heterocycles. The van der Waals surface area contributed by atoms with Gasteiger partial charge in [0.15, 0.2) is 17.5 Å². The van der Waals surface area contributed by atoms with Gasteiger partial charge in [-0.2, -0.15) is 0 Å². The summed E-state index contributed by atoms with van der Waals surface area (Å²) >= 11 is -1.85. The minimum atomic E-state index is -1.85. The molecule has 0 amide bonds. The summed E-state index contributed by atoms with van der Waals surface area (Å²) in [6, 6.07) is 78.8. The molecule has 0 radical (unpaired) electrons. The molecule has 14 rings (SSSR count). The van der Waals surface area contributed by atoms with Crippen LogP contribution in [0.1, 0.15) is 5.56 Å². The van der Waals surface area contributed by atoms with Gasteiger partial charge in [-0.1, -0.05) is 132 Å². The molecule has 0 atom stereocenters. The lowest BCUT2D eigenvalue weighted by molar-refractivity contribution is 1.07. The molecule has 0 fully saturated rings. The maximum absolute atomic E-state index is 5.44. The summed E-state index contributed by atoms with van der Waals surface area (Å²) in [5.74, 6) is 1.82. The number of rotatable bonds is 5. The van der Waals surface area contributed by atoms with Crippen molar-refractivity contribution >= 4 is 94.4 Å². The average molecular weight is 991 g/mol. The van der Waals surface area contributed by atoms with E-state index in [-0.39, 0.29) is 0 Å². The summed E-state index contributed by atoms with van der Waals surface area (Å²) in [6.07, 6.45) is 2.30. The Bertz CT molecular complexity index is 4390. The minimum Gasteiger partial charge on any atom is -0.248 e. The molecule has 2 aromatic heterocycles. The predicted molar refractivity (Wildman–Crippen MR) is 298 cm³/mol. The molecule has 3 heterocycles. The Kier molecular flexibility index (Phi) is 9.14. The van der Waals surface area contributed by atoms with E-state index in [4.69, 9.17) is 24.5 Å². The van der Waals surface area contributed by atoms with Crippen LogP contribution in [0.3, 0.4) is 0 Å². The third-order valence-corrected chi connectivity index (χ3v) is 18.4. The number of para-hydroxylation sites is 1. The highest BCUT2D eigenvalue weighted by Crippen LogP contribution is 2.41. The summed E-state index contributed by atoms with van der Waals surface area (Å²) in [5.41, 5.74) is 10.3. The Labute approximate surface area is 404 Å². The highest BCUT2D eigenvalue weighted by Gasteiger charge is 2.19. The van der Waals surface area contributed by atoms with Gasteiger partial charge in [0, 0.05) is 34.2 Å². The Morgan fingerprint density at radius 1 is 0.319 bits per heavy atom. The van der Waals surface area contributed by atoms with Crippen molar-refractivity contribution in [3.05, 3.63) is 236 Å². The number of benzene rings is 11. The quantitative estimate of drug-likeness (QED) is 0.127. The Balaban J connectivity index is 1.02. The summed E-state index contributed by atoms with van der Waals surface area (Å²) in [7, 11) is 0. The van der Waals surface area contributed by atoms with Gasteiger partial charge < -0.3 is 0 Å². The van der Waals surface area contributed by atoms with Crippen LogP contribution in [-0.4, -0.2) is 24.5 Å². The lowest BCUT2D eigenvalue weighted by Gasteiger charge is -2.16. The maximum Gasteiger partial charge on any atom is 0.164 e. The first-order valence-corrected chi connectivity index (χ1v) is 26.8. The van der Waals surface area contributed by atoms with Crippen LogP contribution in [0.4, 0.5) is 0 Å². The molecule has 322 valence electrons. The van der Waals surface area contributed by atoms with E-state index in [1.165, 1.54) is 60.6 Å². The molecule has 0 bridgehead atoms. The fourth-order valence-electron chi connectivity index (χ4n) is 10.3. The molecule has 0 aliphatic carbocycles. The highest BCUT2D eigenvalue weighted by molar-refractivity contribution is 14.2. The van der Waals surface area contributed by atoms with Crippen LogP contribution in [0.5, 0.6) is 0 Å². The topological polar surface area (TPSA) is 51.6 Å². The van der Waals surface area contributed by atoms with E-state index in [0.717, 1.165) is 60.8 Å². The minimum absolute atomic E-state index is 0.600. The van der Waals surface area contributed by atoms with Crippen LogP contribution in [0.25, 0.3) is 127 Å². The van der Waals surface area contributed by atoms with Crippen molar-refractivity contribution in [1.82, 2.24) is 19.9 Å². The first-order valence-electron chi connectivity index (χ1n) is 23.2. The zero-order chi connectivity index (χ0) is 45.6. The molecule has 1 aliphatic rings. The zero-order valence-electron chi connectivity index (χ0n) is 37.2. The van der Waals surface area contributed by atoms with Gasteiger partial charge in [0.1, 0.15) is 0 Å². The van der Waals surface area contributed by atoms with Gasteiger partial charge in [-0.05, 0) is 173 Å². The smallest absolute Gasteiger partial charge is 0.164 e. The monoisotopic (exact) mass is 990 g/mol. The second-order valence-corrected chi connectivity index (χ2v) is 22.3. The molecular formula is C64H39IN4. The van der Waals surface area contributed by atoms with E-state index in [0.29, 0.717) is 17.5 Å². The molecular weight excluding hydrogens is 952 g/mol. The second kappa shape index (κ2) is 15.9. The summed E-state index contributed by atoms with van der Waals surface area (Å²) in [5, 5.41) is 13.0. The lowest BCUT2D eigenvalue weighted by atomic mass is 9.90. The van der Waals surface area contributed by atoms with E-state index in [1.807, 2.05) is 6.07 Å². The first-order chi connectivity index (χ1) is 34.0. The molecule has 4 nitrogen and oxygen atoms in total. The lowest BCUT2D eigenvalue weighted by Crippen LogP contribution is -2.06. The van der Waals surface area contributed by atoms with Crippen molar-refractivity contribution < 1.29 is 0 Å². The molecule has 0 spiro atoms. The number of halogens is 1. The largest absolute Gasteiger partial charge is 0.248 e. The molecule has 0 unspecified atom stereocenters. The molecule has 13 aromatic rings. The Hall–Kier alpha value is -8.39. The molecule has 0 N–H and O–H groups in total. The standard InChI is InChI=1S/C64H39IN4/c1-65-58-22-8-6-16-45(58)30-51-32-47(24-26-59(51)65)62-67-63(48-25-27-61-52(33-48)31-46-17-7-9-23-60(46)66-61)69-64(68-62)53-35-49(54-20-10-18-43-28-39-12-2-4-14-41(39)37-56(43)54)34-50(36-53)55-21-11-19-44-29-40-13-3-5-15-42(40)38-57(44)55/h2-38H,1H2. The summed E-state index contributed by atoms with van der Waals surface area (Å²) < 4.78 is 7.49. The van der Waals surface area contributed by atoms with Gasteiger partial charge in [0.05, 0.1) is 11.0 Å². The molecule has 0 saturated heterocycles. The fourth-order valence-corrected chi connectivity index (χ4v) is 14.3. The number of hydrogen-bond donors (Lipinski definition) is 0. The van der Waals surface area contributed by atoms with E-state index in [1.54, 1.807) is 0 Å². The first kappa shape index (κ1) is 39.7. The molecule has 0 saturated carbocycles. The SMILES string of the molecule is C=I1=c2ccccc2=Cc2cc(-c3nc(-c4cc(-c5cccc6cc7ccccc7cc56)cc(-c5cccc6cc7ccccc7cc56)c4)nc(-c4ccc5nc6ccccc6cc5c4)n3)ccc21. The number of fused-ring (bicyclic) bond motifs is 8. The van der Waals surface area contributed by atoms with Gasteiger partial charge in [0.25, 0.3) is 0 Å². The van der Waals surface area contributed by atoms with Crippen molar-refractivity contribution in [2.45, 2.75) is 0 Å². The summed E-state index contributed by atoms with van der Waals surface area (Å²) in [4.78, 5) is 21.2. The van der Waals surface area contributed by atoms with E-state index >= 15 is 0 Å². The van der Waals surface area contributed by atoms with Gasteiger partial charge >= 0.3 is 0 Å². The van der Waals surface area contributed by atoms with Crippen molar-refractivity contribution in [3.8, 4) is 56.4 Å². The van der Waals surface area contributed by atoms with Gasteiger partial charge in [0.2, 0.25) is 0 Å². The second-order valence-electron chi connectivity index (χ2n) is 17.9. The van der Waals surface area contributed by atoms with Crippen LogP contribution in [0, 0.1) is 6.72 Å². The number of hydrogen-bond acceptors (Lipinski definition) is 4. The number of nitrogens with zero attached hydrogens (tertiary/aromatic N) is 4. The average Bonchev–Trinajstić information content (AvgIpc) is 3.40. The van der Waals surface area contributed by atoms with Crippen LogP contribution in [0.15, 0.2) is 218 Å². The van der Waals surface area contributed by atoms with Crippen LogP contribution >= 0.6 is 18.9 Å². The van der Waals surface area contributed by atoms with Gasteiger partial charge in [-0.25, -0.2) is 19.9 Å². The van der Waals surface area contributed by atoms with Crippen LogP contribution in [0.2, 0.25) is 0 Å². The molecule has 11 aromatic carbocycles. The molecule has 5 heteroatoms. The normalized spacial score (nSPS) is 12.5. The van der Waals surface area contributed by atoms with Crippen molar-refractivity contribution in [3.63, 3.8) is 0 Å². The van der Waals surface area contributed by atoms with E-state index in [2.05, 4.69) is 218 Å². The van der Waals surface area contributed by atoms with Crippen molar-refractivity contribution in [2.75, 3.05) is 0 Å². The summed E-state index contributed by atoms with van der Waals surface area (Å²) in [6.45, 7) is 0. The Morgan fingerprint density at radius 2 is 0.812 bits per heavy atom. The fraction of sp³-hybridized carbons (Fsp3) is 0. The van der Waals surface area contributed by atoms with Gasteiger partial charge in [-0.3, -0.25) is 0 Å². The van der Waals surface area contributed by atoms with E-state index < -0.39 is 18.9 Å². The highest BCUT2D eigenvalue weighted by atomic mass is 127. The maximum atomic E-state index is 5.44. The van der Waals surface area contributed by atoms with E-state index in [9.17, 15) is 0 Å². The number of pyridine rings is 1. The Morgan fingerprint density at radius 3 is 1.48 bits per heavy atom. The zero-order valence-corrected chi connectivity index (χ0v) is 39.4.